The van der Waals surface area contributed by atoms with E-state index in [-0.39, 0.29) is 20.1 Å². The molecule has 8 rings (SSSR count). The van der Waals surface area contributed by atoms with Crippen molar-refractivity contribution in [2.75, 3.05) is 0 Å². The number of aromatic nitrogens is 2. The third-order valence-corrected chi connectivity index (χ3v) is 13.5. The number of furan rings is 1. The van der Waals surface area contributed by atoms with E-state index in [4.69, 9.17) is 9.40 Å². The van der Waals surface area contributed by atoms with Gasteiger partial charge in [0.05, 0.1) is 5.58 Å². The van der Waals surface area contributed by atoms with E-state index in [0.29, 0.717) is 0 Å². The summed E-state index contributed by atoms with van der Waals surface area (Å²) in [4.78, 5) is 9.22. The minimum atomic E-state index is -1.72. The van der Waals surface area contributed by atoms with E-state index in [2.05, 4.69) is 113 Å². The van der Waals surface area contributed by atoms with Gasteiger partial charge in [-0.1, -0.05) is 90.7 Å². The molecule has 5 heteroatoms. The van der Waals surface area contributed by atoms with E-state index in [9.17, 15) is 0 Å². The molecule has 0 atom stereocenters. The van der Waals surface area contributed by atoms with E-state index in [0.717, 1.165) is 56.8 Å². The molecule has 0 N–H and O–H groups in total. The van der Waals surface area contributed by atoms with E-state index in [1.54, 1.807) is 0 Å². The van der Waals surface area contributed by atoms with E-state index in [1.807, 2.05) is 42.7 Å². The van der Waals surface area contributed by atoms with Crippen LogP contribution in [0.1, 0.15) is 31.2 Å². The Hall–Kier alpha value is -3.83. The second kappa shape index (κ2) is 15.2. The van der Waals surface area contributed by atoms with Gasteiger partial charge in [-0.25, -0.2) is 0 Å². The Bertz CT molecular complexity index is 2100. The zero-order chi connectivity index (χ0) is 32.2. The third-order valence-electron chi connectivity index (χ3n) is 9.24. The monoisotopic (exact) mass is 867 g/mol. The van der Waals surface area contributed by atoms with Gasteiger partial charge in [0.15, 0.2) is 0 Å². The van der Waals surface area contributed by atoms with Crippen LogP contribution in [0.25, 0.3) is 55.6 Å². The second-order valence-corrected chi connectivity index (χ2v) is 24.3. The third kappa shape index (κ3) is 7.57. The van der Waals surface area contributed by atoms with Crippen LogP contribution in [0.15, 0.2) is 126 Å². The molecule has 3 aromatic heterocycles. The second-order valence-electron chi connectivity index (χ2n) is 13.6. The average Bonchev–Trinajstić information content (AvgIpc) is 3.77. The molecule has 0 saturated heterocycles. The van der Waals surface area contributed by atoms with Crippen molar-refractivity contribution in [1.29, 1.82) is 0 Å². The van der Waals surface area contributed by atoms with Crippen LogP contribution in [0.4, 0.5) is 0 Å². The summed E-state index contributed by atoms with van der Waals surface area (Å²) in [7, 11) is 0. The van der Waals surface area contributed by atoms with Crippen molar-refractivity contribution in [2.45, 2.75) is 49.4 Å². The van der Waals surface area contributed by atoms with Crippen LogP contribution in [-0.2, 0) is 26.5 Å². The van der Waals surface area contributed by atoms with Gasteiger partial charge in [0, 0.05) is 31.7 Å². The van der Waals surface area contributed by atoms with Crippen LogP contribution in [0.3, 0.4) is 0 Å². The average molecular weight is 866 g/mol. The number of hydrogen-bond donors (Lipinski definition) is 0. The maximum Gasteiger partial charge on any atom is 0.121 e. The first kappa shape index (κ1) is 34.1. The van der Waals surface area contributed by atoms with E-state index in [1.165, 1.54) is 46.8 Å². The van der Waals surface area contributed by atoms with Crippen LogP contribution in [0.2, 0.25) is 17.3 Å². The Morgan fingerprint density at radius 1 is 0.771 bits per heavy atom. The molecule has 0 amide bonds. The molecule has 3 heterocycles. The fourth-order valence-corrected chi connectivity index (χ4v) is 8.85. The summed E-state index contributed by atoms with van der Waals surface area (Å²) < 4.78 is 7.85. The Morgan fingerprint density at radius 3 is 2.31 bits per heavy atom. The maximum absolute atomic E-state index is 6.40. The molecule has 3 nitrogen and oxygen atoms in total. The number of benzene rings is 4. The molecule has 0 spiro atoms. The normalized spacial score (nSPS) is 13.2. The fourth-order valence-electron chi connectivity index (χ4n) is 6.67. The van der Waals surface area contributed by atoms with Gasteiger partial charge in [-0.3, -0.25) is 0 Å². The Morgan fingerprint density at radius 2 is 1.58 bits per heavy atom. The van der Waals surface area contributed by atoms with Gasteiger partial charge in [-0.05, 0) is 41.3 Å². The summed E-state index contributed by atoms with van der Waals surface area (Å²) in [5.74, 6) is 7.96. The largest absolute Gasteiger partial charge is 0.501 e. The molecule has 48 heavy (non-hydrogen) atoms. The van der Waals surface area contributed by atoms with Crippen LogP contribution < -0.4 is 4.40 Å². The first-order chi connectivity index (χ1) is 22.9. The molecule has 7 aromatic rings. The van der Waals surface area contributed by atoms with Crippen LogP contribution in [0.5, 0.6) is 0 Å². The molecule has 4 aromatic carbocycles. The van der Waals surface area contributed by atoms with Gasteiger partial charge >= 0.3 is 99.8 Å². The number of fused-ring (bicyclic) bond motifs is 3. The molecule has 1 saturated carbocycles. The van der Waals surface area contributed by atoms with E-state index >= 15 is 0 Å². The first-order valence-corrected chi connectivity index (χ1v) is 24.1. The van der Waals surface area contributed by atoms with Crippen LogP contribution in [-0.4, -0.2) is 23.2 Å². The zero-order valence-electron chi connectivity index (χ0n) is 27.8. The zero-order valence-corrected chi connectivity index (χ0v) is 32.3. The summed E-state index contributed by atoms with van der Waals surface area (Å²) in [5, 5.41) is 2.27. The van der Waals surface area contributed by atoms with Crippen LogP contribution in [0, 0.1) is 18.1 Å². The van der Waals surface area contributed by atoms with Gasteiger partial charge in [-0.2, -0.15) is 0 Å². The maximum atomic E-state index is 6.40. The van der Waals surface area contributed by atoms with Gasteiger partial charge in [0.25, 0.3) is 0 Å². The molecule has 1 radical (unpaired) electrons. The predicted molar refractivity (Wildman–Crippen MR) is 198 cm³/mol. The molecule has 1 aliphatic carbocycles. The van der Waals surface area contributed by atoms with Crippen LogP contribution >= 0.6 is 0 Å². The summed E-state index contributed by atoms with van der Waals surface area (Å²) >= 11 is -1.72. The molecule has 243 valence electrons. The van der Waals surface area contributed by atoms with Crippen molar-refractivity contribution in [3.63, 3.8) is 0 Å². The molecule has 1 aliphatic rings. The van der Waals surface area contributed by atoms with Crippen molar-refractivity contribution in [1.82, 2.24) is 9.97 Å². The smallest absolute Gasteiger partial charge is 0.121 e. The SMILES string of the molecule is [CH3][Ge]([CH3])([CH3])[c]1ccc(-c2[c-]cccc2)nc1.[Ir].[c-]1ccc2c(oc3cccc(-c4ccccc4)c32)c1-c1cc(CC2CCCC2)ccn1. The Kier molecular flexibility index (Phi) is 10.8. The summed E-state index contributed by atoms with van der Waals surface area (Å²) in [5.41, 5.74) is 9.49. The number of pyridine rings is 2. The molecule has 1 fully saturated rings. The quantitative estimate of drug-likeness (QED) is 0.123. The molecule has 0 unspecified atom stereocenters. The summed E-state index contributed by atoms with van der Waals surface area (Å²) in [6, 6.07) is 44.2. The van der Waals surface area contributed by atoms with Crippen molar-refractivity contribution < 1.29 is 24.5 Å². The van der Waals surface area contributed by atoms with E-state index < -0.39 is 13.3 Å². The van der Waals surface area contributed by atoms with Crippen molar-refractivity contribution in [2.24, 2.45) is 5.92 Å². The van der Waals surface area contributed by atoms with Gasteiger partial charge in [0.2, 0.25) is 0 Å². The summed E-state index contributed by atoms with van der Waals surface area (Å²) in [6.07, 6.45) is 10.6. The van der Waals surface area contributed by atoms with Gasteiger partial charge in [0.1, 0.15) is 5.58 Å². The summed E-state index contributed by atoms with van der Waals surface area (Å²) in [6.45, 7) is 0. The molecule has 0 aliphatic heterocycles. The van der Waals surface area contributed by atoms with Crippen molar-refractivity contribution >= 4 is 39.6 Å². The van der Waals surface area contributed by atoms with Gasteiger partial charge in [-0.15, -0.1) is 18.2 Å². The first-order valence-electron chi connectivity index (χ1n) is 16.7. The minimum Gasteiger partial charge on any atom is -0.501 e. The number of hydrogen-bond acceptors (Lipinski definition) is 3. The topological polar surface area (TPSA) is 38.9 Å². The Labute approximate surface area is 300 Å². The number of rotatable bonds is 6. The predicted octanol–water partition coefficient (Wildman–Crippen LogP) is 10.9. The molecular formula is C43H40GeIrN2O-2. The standard InChI is InChI=1S/C29H24NO.C14H16GeN.Ir/c1-2-10-22(11-3-1)23-12-7-15-27-28(23)25-14-6-13-24(29(25)31-27)26-19-21(16-17-30-26)18-20-8-4-5-9-20;1-15(2,3)13-9-10-14(16-11-13)12-7-5-4-6-8-12;/h1-3,6-7,10-12,14-17,19-20H,4-5,8-9,18H2;4-7,9-11H,1-3H3;/q2*-1;. The van der Waals surface area contributed by atoms with Crippen molar-refractivity contribution in [3.05, 3.63) is 139 Å². The fraction of sp³-hybridized carbons (Fsp3) is 0.209. The molecular weight excluding hydrogens is 825 g/mol. The number of nitrogens with zero attached hydrogens (tertiary/aromatic N) is 2. The van der Waals surface area contributed by atoms with Crippen molar-refractivity contribution in [3.8, 4) is 33.6 Å². The minimum absolute atomic E-state index is 0. The van der Waals surface area contributed by atoms with Gasteiger partial charge < -0.3 is 9.40 Å². The Balaban J connectivity index is 0.000000201. The molecule has 0 bridgehead atoms.